The minimum Gasteiger partial charge on any atom is -0.255 e. The van der Waals surface area contributed by atoms with Gasteiger partial charge in [-0.2, -0.15) is 0 Å². The van der Waals surface area contributed by atoms with E-state index in [-0.39, 0.29) is 0 Å². The molecule has 3 rings (SSSR count). The van der Waals surface area contributed by atoms with E-state index >= 15 is 0 Å². The minimum atomic E-state index is 0.449. The third kappa shape index (κ3) is 2.57. The van der Waals surface area contributed by atoms with E-state index in [1.165, 1.54) is 0 Å². The molecule has 102 valence electrons. The molecule has 0 aromatic carbocycles. The molecule has 0 amide bonds. The van der Waals surface area contributed by atoms with Gasteiger partial charge in [-0.3, -0.25) is 4.98 Å². The van der Waals surface area contributed by atoms with Gasteiger partial charge in [0.1, 0.15) is 5.15 Å². The van der Waals surface area contributed by atoms with Gasteiger partial charge in [0.15, 0.2) is 5.82 Å². The predicted octanol–water partition coefficient (Wildman–Crippen LogP) is 5.12. The van der Waals surface area contributed by atoms with E-state index in [2.05, 4.69) is 43.9 Å². The number of hydrogen-bond acceptors (Lipinski definition) is 4. The van der Waals surface area contributed by atoms with Crippen molar-refractivity contribution in [1.82, 2.24) is 15.0 Å². The number of aromatic nitrogens is 3. The number of aryl methyl sites for hydroxylation is 1. The minimum absolute atomic E-state index is 0.449. The number of halogens is 2. The van der Waals surface area contributed by atoms with Crippen LogP contribution >= 0.6 is 38.9 Å². The molecular weight excluding hydrogens is 358 g/mol. The standard InChI is InChI=1S/C14H11BrClN3S/c1-2-3-10-12(15)13(16)19-14(18-10)8-6-11-9(17-7-8)4-5-20-11/h4-7H,2-3H2,1H3. The van der Waals surface area contributed by atoms with Crippen molar-refractivity contribution < 1.29 is 0 Å². The van der Waals surface area contributed by atoms with Crippen molar-refractivity contribution in [1.29, 1.82) is 0 Å². The van der Waals surface area contributed by atoms with Crippen LogP contribution in [0.2, 0.25) is 5.15 Å². The van der Waals surface area contributed by atoms with Crippen LogP contribution in [0.25, 0.3) is 21.6 Å². The largest absolute Gasteiger partial charge is 0.255 e. The molecule has 0 saturated carbocycles. The van der Waals surface area contributed by atoms with Crippen LogP contribution in [0.4, 0.5) is 0 Å². The first kappa shape index (κ1) is 13.9. The molecule has 3 aromatic heterocycles. The molecule has 6 heteroatoms. The van der Waals surface area contributed by atoms with Gasteiger partial charge in [0.2, 0.25) is 0 Å². The summed E-state index contributed by atoms with van der Waals surface area (Å²) in [6, 6.07) is 4.06. The molecule has 0 spiro atoms. The van der Waals surface area contributed by atoms with Gasteiger partial charge in [0.25, 0.3) is 0 Å². The third-order valence-electron chi connectivity index (χ3n) is 2.93. The molecular formula is C14H11BrClN3S. The normalized spacial score (nSPS) is 11.2. The highest BCUT2D eigenvalue weighted by atomic mass is 79.9. The Morgan fingerprint density at radius 1 is 1.35 bits per heavy atom. The van der Waals surface area contributed by atoms with Crippen molar-refractivity contribution in [3.8, 4) is 11.4 Å². The fourth-order valence-electron chi connectivity index (χ4n) is 1.96. The maximum Gasteiger partial charge on any atom is 0.162 e. The quantitative estimate of drug-likeness (QED) is 0.602. The zero-order valence-corrected chi connectivity index (χ0v) is 13.9. The summed E-state index contributed by atoms with van der Waals surface area (Å²) >= 11 is 11.3. The van der Waals surface area contributed by atoms with Crippen LogP contribution in [0.15, 0.2) is 28.2 Å². The van der Waals surface area contributed by atoms with Crippen LogP contribution in [-0.2, 0) is 6.42 Å². The van der Waals surface area contributed by atoms with Gasteiger partial charge in [-0.05, 0) is 39.9 Å². The molecule has 0 radical (unpaired) electrons. The Bertz CT molecular complexity index is 772. The summed E-state index contributed by atoms with van der Waals surface area (Å²) < 4.78 is 1.91. The highest BCUT2D eigenvalue weighted by molar-refractivity contribution is 9.10. The predicted molar refractivity (Wildman–Crippen MR) is 87.4 cm³/mol. The zero-order valence-electron chi connectivity index (χ0n) is 10.7. The van der Waals surface area contributed by atoms with E-state index in [1.807, 2.05) is 11.4 Å². The molecule has 20 heavy (non-hydrogen) atoms. The lowest BCUT2D eigenvalue weighted by molar-refractivity contribution is 0.868. The van der Waals surface area contributed by atoms with Crippen molar-refractivity contribution >= 4 is 49.1 Å². The summed E-state index contributed by atoms with van der Waals surface area (Å²) in [4.78, 5) is 13.4. The Kier molecular flexibility index (Phi) is 4.01. The maximum atomic E-state index is 6.19. The topological polar surface area (TPSA) is 38.7 Å². The molecule has 3 aromatic rings. The fourth-order valence-corrected chi connectivity index (χ4v) is 3.31. The van der Waals surface area contributed by atoms with Gasteiger partial charge in [0, 0.05) is 11.8 Å². The molecule has 0 bridgehead atoms. The Labute approximate surface area is 134 Å². The molecule has 0 aliphatic rings. The molecule has 0 N–H and O–H groups in total. The summed E-state index contributed by atoms with van der Waals surface area (Å²) in [5.74, 6) is 0.629. The van der Waals surface area contributed by atoms with Crippen LogP contribution in [-0.4, -0.2) is 15.0 Å². The Hall–Kier alpha value is -1.04. The molecule has 0 aliphatic heterocycles. The number of nitrogens with zero attached hydrogens (tertiary/aromatic N) is 3. The summed E-state index contributed by atoms with van der Waals surface area (Å²) in [7, 11) is 0. The van der Waals surface area contributed by atoms with Crippen LogP contribution in [0.1, 0.15) is 19.0 Å². The molecule has 0 atom stereocenters. The first-order valence-electron chi connectivity index (χ1n) is 6.24. The lowest BCUT2D eigenvalue weighted by Gasteiger charge is -2.07. The summed E-state index contributed by atoms with van der Waals surface area (Å²) in [5, 5.41) is 2.48. The number of thiophene rings is 1. The van der Waals surface area contributed by atoms with Crippen molar-refractivity contribution in [2.75, 3.05) is 0 Å². The second kappa shape index (κ2) is 5.76. The number of hydrogen-bond donors (Lipinski definition) is 0. The summed E-state index contributed by atoms with van der Waals surface area (Å²) in [5.41, 5.74) is 2.83. The molecule has 0 fully saturated rings. The monoisotopic (exact) mass is 367 g/mol. The van der Waals surface area contributed by atoms with Crippen LogP contribution in [0.5, 0.6) is 0 Å². The smallest absolute Gasteiger partial charge is 0.162 e. The second-order valence-electron chi connectivity index (χ2n) is 4.38. The SMILES string of the molecule is CCCc1nc(-c2cnc3ccsc3c2)nc(Cl)c1Br. The van der Waals surface area contributed by atoms with Crippen LogP contribution < -0.4 is 0 Å². The summed E-state index contributed by atoms with van der Waals surface area (Å²) in [6.45, 7) is 2.11. The van der Waals surface area contributed by atoms with E-state index in [4.69, 9.17) is 11.6 Å². The molecule has 3 nitrogen and oxygen atoms in total. The van der Waals surface area contributed by atoms with Crippen LogP contribution in [0, 0.1) is 0 Å². The van der Waals surface area contributed by atoms with Gasteiger partial charge < -0.3 is 0 Å². The lowest BCUT2D eigenvalue weighted by atomic mass is 10.2. The van der Waals surface area contributed by atoms with E-state index in [9.17, 15) is 0 Å². The van der Waals surface area contributed by atoms with Crippen molar-refractivity contribution in [3.63, 3.8) is 0 Å². The number of pyridine rings is 1. The Morgan fingerprint density at radius 3 is 3.00 bits per heavy atom. The van der Waals surface area contributed by atoms with Gasteiger partial charge in [-0.15, -0.1) is 11.3 Å². The van der Waals surface area contributed by atoms with E-state index in [0.29, 0.717) is 11.0 Å². The average molecular weight is 369 g/mol. The first-order valence-corrected chi connectivity index (χ1v) is 8.29. The Balaban J connectivity index is 2.12. The molecule has 0 unspecified atom stereocenters. The van der Waals surface area contributed by atoms with Crippen molar-refractivity contribution in [2.24, 2.45) is 0 Å². The molecule has 0 aliphatic carbocycles. The van der Waals surface area contributed by atoms with E-state index < -0.39 is 0 Å². The van der Waals surface area contributed by atoms with E-state index in [0.717, 1.165) is 38.8 Å². The average Bonchev–Trinajstić information content (AvgIpc) is 2.91. The molecule has 3 heterocycles. The first-order chi connectivity index (χ1) is 9.69. The molecule has 0 saturated heterocycles. The van der Waals surface area contributed by atoms with E-state index in [1.54, 1.807) is 17.5 Å². The third-order valence-corrected chi connectivity index (χ3v) is 5.12. The lowest BCUT2D eigenvalue weighted by Crippen LogP contribution is -1.98. The van der Waals surface area contributed by atoms with Gasteiger partial charge in [-0.25, -0.2) is 9.97 Å². The zero-order chi connectivity index (χ0) is 14.1. The number of fused-ring (bicyclic) bond motifs is 1. The maximum absolute atomic E-state index is 6.19. The van der Waals surface area contributed by atoms with Gasteiger partial charge in [-0.1, -0.05) is 24.9 Å². The fraction of sp³-hybridized carbons (Fsp3) is 0.214. The number of rotatable bonds is 3. The van der Waals surface area contributed by atoms with Gasteiger partial charge >= 0.3 is 0 Å². The van der Waals surface area contributed by atoms with Gasteiger partial charge in [0.05, 0.1) is 20.4 Å². The summed E-state index contributed by atoms with van der Waals surface area (Å²) in [6.07, 6.45) is 3.67. The van der Waals surface area contributed by atoms with Crippen molar-refractivity contribution in [2.45, 2.75) is 19.8 Å². The highest BCUT2D eigenvalue weighted by Crippen LogP contribution is 2.29. The second-order valence-corrected chi connectivity index (χ2v) is 6.48. The van der Waals surface area contributed by atoms with Crippen molar-refractivity contribution in [3.05, 3.63) is 39.0 Å². The highest BCUT2D eigenvalue weighted by Gasteiger charge is 2.12. The Morgan fingerprint density at radius 2 is 2.20 bits per heavy atom. The van der Waals surface area contributed by atoms with Crippen LogP contribution in [0.3, 0.4) is 0 Å².